The summed E-state index contributed by atoms with van der Waals surface area (Å²) in [5.74, 6) is 0.742. The van der Waals surface area contributed by atoms with Gasteiger partial charge in [-0.15, -0.1) is 11.3 Å². The van der Waals surface area contributed by atoms with Gasteiger partial charge in [0, 0.05) is 10.8 Å². The average molecular weight is 328 g/mol. The fraction of sp³-hybridized carbons (Fsp3) is 0.389. The van der Waals surface area contributed by atoms with Gasteiger partial charge < -0.3 is 0 Å². The van der Waals surface area contributed by atoms with Crippen LogP contribution in [0.5, 0.6) is 0 Å². The lowest BCUT2D eigenvalue weighted by molar-refractivity contribution is 0.833. The lowest BCUT2D eigenvalue weighted by Crippen LogP contribution is -2.07. The lowest BCUT2D eigenvalue weighted by Gasteiger charge is -2.11. The summed E-state index contributed by atoms with van der Waals surface area (Å²) in [7, 11) is 0. The van der Waals surface area contributed by atoms with Crippen LogP contribution in [-0.2, 0) is 5.41 Å². The maximum Gasteiger partial charge on any atom is 0.174 e. The van der Waals surface area contributed by atoms with Gasteiger partial charge >= 0.3 is 0 Å². The Morgan fingerprint density at radius 2 is 1.74 bits per heavy atom. The maximum atomic E-state index is 4.75. The molecule has 1 saturated carbocycles. The van der Waals surface area contributed by atoms with Gasteiger partial charge in [0.15, 0.2) is 5.82 Å². The van der Waals surface area contributed by atoms with Gasteiger partial charge in [-0.1, -0.05) is 58.0 Å². The number of nitrogens with one attached hydrogen (secondary N) is 1. The molecule has 0 bridgehead atoms. The highest BCUT2D eigenvalue weighted by Gasteiger charge is 2.48. The minimum Gasteiger partial charge on any atom is -0.258 e. The Morgan fingerprint density at radius 3 is 2.30 bits per heavy atom. The highest BCUT2D eigenvalue weighted by molar-refractivity contribution is 7.10. The summed E-state index contributed by atoms with van der Waals surface area (Å²) >= 11 is 1.71. The second-order valence-electron chi connectivity index (χ2n) is 4.82. The van der Waals surface area contributed by atoms with Crippen molar-refractivity contribution >= 4 is 11.3 Å². The minimum atomic E-state index is 0.143. The standard InChI is InChI=1S/C14H12N4S.2C2H6/c1-2-4-10(5-3-1)14(6-7-14)13-17-11(8-19-13)12-15-9-16-18-12;2*1-2/h1-5,8-9H,6-7H2,(H,15,16,18);2*1-2H3. The van der Waals surface area contributed by atoms with Crippen LogP contribution in [0.2, 0.25) is 0 Å². The number of aromatic amines is 1. The van der Waals surface area contributed by atoms with Gasteiger partial charge in [0.1, 0.15) is 17.0 Å². The Balaban J connectivity index is 0.000000448. The van der Waals surface area contributed by atoms with Crippen LogP contribution in [0.4, 0.5) is 0 Å². The van der Waals surface area contributed by atoms with E-state index in [1.807, 2.05) is 27.7 Å². The molecule has 0 radical (unpaired) electrons. The quantitative estimate of drug-likeness (QED) is 0.731. The molecular weight excluding hydrogens is 304 g/mol. The van der Waals surface area contributed by atoms with Gasteiger partial charge in [0.2, 0.25) is 0 Å². The molecule has 23 heavy (non-hydrogen) atoms. The van der Waals surface area contributed by atoms with Crippen LogP contribution in [0.25, 0.3) is 11.5 Å². The molecular formula is C18H24N4S. The first-order chi connectivity index (χ1) is 11.4. The van der Waals surface area contributed by atoms with E-state index in [0.29, 0.717) is 0 Å². The first-order valence-electron chi connectivity index (χ1n) is 8.26. The van der Waals surface area contributed by atoms with Crippen molar-refractivity contribution in [1.29, 1.82) is 0 Å². The van der Waals surface area contributed by atoms with E-state index in [1.165, 1.54) is 29.7 Å². The summed E-state index contributed by atoms with van der Waals surface area (Å²) in [6.45, 7) is 8.00. The van der Waals surface area contributed by atoms with Crippen molar-refractivity contribution < 1.29 is 0 Å². The van der Waals surface area contributed by atoms with E-state index in [0.717, 1.165) is 11.5 Å². The molecule has 0 aliphatic heterocycles. The van der Waals surface area contributed by atoms with Crippen LogP contribution < -0.4 is 0 Å². The van der Waals surface area contributed by atoms with Crippen molar-refractivity contribution in [3.63, 3.8) is 0 Å². The van der Waals surface area contributed by atoms with Gasteiger partial charge in [-0.05, 0) is 18.4 Å². The molecule has 4 nitrogen and oxygen atoms in total. The molecule has 0 unspecified atom stereocenters. The van der Waals surface area contributed by atoms with Crippen molar-refractivity contribution in [2.75, 3.05) is 0 Å². The number of benzene rings is 1. The summed E-state index contributed by atoms with van der Waals surface area (Å²) in [6.07, 6.45) is 3.87. The molecule has 1 aliphatic carbocycles. The Hall–Kier alpha value is -2.01. The molecule has 0 amide bonds. The molecule has 0 spiro atoms. The lowest BCUT2D eigenvalue weighted by atomic mass is 9.97. The summed E-state index contributed by atoms with van der Waals surface area (Å²) in [5, 5.41) is 9.97. The van der Waals surface area contributed by atoms with Crippen molar-refractivity contribution in [3.8, 4) is 11.5 Å². The zero-order valence-electron chi connectivity index (χ0n) is 14.2. The highest BCUT2D eigenvalue weighted by Crippen LogP contribution is 2.54. The van der Waals surface area contributed by atoms with Gasteiger partial charge in [-0.2, -0.15) is 5.10 Å². The second-order valence-corrected chi connectivity index (χ2v) is 5.68. The Morgan fingerprint density at radius 1 is 1.04 bits per heavy atom. The number of thiazole rings is 1. The van der Waals surface area contributed by atoms with Crippen LogP contribution in [0.15, 0.2) is 42.0 Å². The molecule has 5 heteroatoms. The van der Waals surface area contributed by atoms with Gasteiger partial charge in [-0.3, -0.25) is 5.10 Å². The molecule has 1 fully saturated rings. The third-order valence-electron chi connectivity index (χ3n) is 3.65. The molecule has 3 aromatic rings. The summed E-state index contributed by atoms with van der Waals surface area (Å²) in [4.78, 5) is 8.90. The topological polar surface area (TPSA) is 54.5 Å². The monoisotopic (exact) mass is 328 g/mol. The first-order valence-corrected chi connectivity index (χ1v) is 9.14. The number of rotatable bonds is 3. The summed E-state index contributed by atoms with van der Waals surface area (Å²) in [6, 6.07) is 10.6. The average Bonchev–Trinajstić information content (AvgIpc) is 3.06. The number of H-pyrrole nitrogens is 1. The predicted octanol–water partition coefficient (Wildman–Crippen LogP) is 5.06. The van der Waals surface area contributed by atoms with E-state index < -0.39 is 0 Å². The fourth-order valence-corrected chi connectivity index (χ4v) is 3.53. The summed E-state index contributed by atoms with van der Waals surface area (Å²) in [5.41, 5.74) is 2.40. The summed E-state index contributed by atoms with van der Waals surface area (Å²) < 4.78 is 0. The number of aromatic nitrogens is 4. The second kappa shape index (κ2) is 8.02. The Labute approximate surface area is 142 Å². The molecule has 4 rings (SSSR count). The zero-order valence-corrected chi connectivity index (χ0v) is 15.0. The van der Waals surface area contributed by atoms with E-state index in [4.69, 9.17) is 4.98 Å². The smallest absolute Gasteiger partial charge is 0.174 e. The molecule has 122 valence electrons. The molecule has 1 N–H and O–H groups in total. The van der Waals surface area contributed by atoms with Crippen LogP contribution in [0.3, 0.4) is 0 Å². The first kappa shape index (κ1) is 17.3. The molecule has 1 aliphatic rings. The number of hydrogen-bond donors (Lipinski definition) is 1. The number of hydrogen-bond acceptors (Lipinski definition) is 4. The van der Waals surface area contributed by atoms with Crippen LogP contribution in [0, 0.1) is 0 Å². The van der Waals surface area contributed by atoms with E-state index in [-0.39, 0.29) is 5.41 Å². The largest absolute Gasteiger partial charge is 0.258 e. The van der Waals surface area contributed by atoms with E-state index in [2.05, 4.69) is 50.9 Å². The molecule has 1 aromatic carbocycles. The van der Waals surface area contributed by atoms with Crippen molar-refractivity contribution in [2.24, 2.45) is 0 Å². The highest BCUT2D eigenvalue weighted by atomic mass is 32.1. The third-order valence-corrected chi connectivity index (χ3v) is 4.69. The SMILES string of the molecule is CC.CC.c1ccc(C2(c3nc(-c4ncn[nH]4)cs3)CC2)cc1. The molecule has 0 saturated heterocycles. The van der Waals surface area contributed by atoms with Crippen molar-refractivity contribution in [2.45, 2.75) is 46.0 Å². The normalized spacial score (nSPS) is 14.1. The molecule has 2 heterocycles. The van der Waals surface area contributed by atoms with Crippen molar-refractivity contribution in [3.05, 3.63) is 52.6 Å². The fourth-order valence-electron chi connectivity index (χ4n) is 2.44. The Kier molecular flexibility index (Phi) is 6.04. The third kappa shape index (κ3) is 3.50. The molecule has 2 aromatic heterocycles. The van der Waals surface area contributed by atoms with Gasteiger partial charge in [0.25, 0.3) is 0 Å². The van der Waals surface area contributed by atoms with E-state index in [1.54, 1.807) is 11.3 Å². The van der Waals surface area contributed by atoms with E-state index >= 15 is 0 Å². The zero-order chi connectivity index (χ0) is 16.7. The van der Waals surface area contributed by atoms with Crippen LogP contribution in [-0.4, -0.2) is 20.2 Å². The maximum absolute atomic E-state index is 4.75. The predicted molar refractivity (Wildman–Crippen MR) is 96.6 cm³/mol. The molecule has 0 atom stereocenters. The van der Waals surface area contributed by atoms with Crippen LogP contribution >= 0.6 is 11.3 Å². The van der Waals surface area contributed by atoms with Crippen molar-refractivity contribution in [1.82, 2.24) is 20.2 Å². The van der Waals surface area contributed by atoms with Gasteiger partial charge in [0.05, 0.1) is 0 Å². The minimum absolute atomic E-state index is 0.143. The van der Waals surface area contributed by atoms with E-state index in [9.17, 15) is 0 Å². The Bertz CT molecular complexity index is 685. The number of nitrogens with zero attached hydrogens (tertiary/aromatic N) is 3. The van der Waals surface area contributed by atoms with Crippen LogP contribution in [0.1, 0.15) is 51.1 Å². The van der Waals surface area contributed by atoms with Gasteiger partial charge in [-0.25, -0.2) is 9.97 Å².